The highest BCUT2D eigenvalue weighted by molar-refractivity contribution is 5.73. The van der Waals surface area contributed by atoms with Crippen LogP contribution in [-0.4, -0.2) is 26.6 Å². The van der Waals surface area contributed by atoms with E-state index in [4.69, 9.17) is 5.84 Å². The van der Waals surface area contributed by atoms with E-state index in [0.29, 0.717) is 17.0 Å². The minimum Gasteiger partial charge on any atom is -0.302 e. The van der Waals surface area contributed by atoms with Gasteiger partial charge in [-0.15, -0.1) is 0 Å². The maximum Gasteiger partial charge on any atom is 0.264 e. The lowest BCUT2D eigenvalue weighted by atomic mass is 10.4. The molecule has 2 aromatic heterocycles. The highest BCUT2D eigenvalue weighted by Gasteiger charge is 2.06. The Morgan fingerprint density at radius 3 is 2.87 bits per heavy atom. The number of hydrogen-bond acceptors (Lipinski definition) is 6. The molecule has 0 saturated carbocycles. The highest BCUT2D eigenvalue weighted by Crippen LogP contribution is 2.05. The van der Waals surface area contributed by atoms with Crippen LogP contribution in [0.2, 0.25) is 0 Å². The summed E-state index contributed by atoms with van der Waals surface area (Å²) in [6.07, 6.45) is 2.84. The van der Waals surface area contributed by atoms with Gasteiger partial charge in [-0.25, -0.2) is 15.8 Å². The van der Waals surface area contributed by atoms with Crippen LogP contribution in [-0.2, 0) is 7.05 Å². The largest absolute Gasteiger partial charge is 0.302 e. The molecule has 0 aliphatic carbocycles. The average Bonchev–Trinajstić information content (AvgIpc) is 2.23. The van der Waals surface area contributed by atoms with Crippen molar-refractivity contribution in [1.82, 2.24) is 19.5 Å². The van der Waals surface area contributed by atoms with Crippen molar-refractivity contribution in [2.75, 3.05) is 12.1 Å². The molecule has 78 valence electrons. The second-order valence-electron chi connectivity index (χ2n) is 3.18. The van der Waals surface area contributed by atoms with Crippen LogP contribution in [0.5, 0.6) is 0 Å². The second-order valence-corrected chi connectivity index (χ2v) is 3.18. The molecule has 2 N–H and O–H groups in total. The van der Waals surface area contributed by atoms with Crippen molar-refractivity contribution >= 4 is 17.0 Å². The van der Waals surface area contributed by atoms with Crippen molar-refractivity contribution in [3.8, 4) is 0 Å². The molecular weight excluding hydrogens is 196 g/mol. The van der Waals surface area contributed by atoms with Gasteiger partial charge in [0.2, 0.25) is 5.95 Å². The van der Waals surface area contributed by atoms with Crippen LogP contribution >= 0.6 is 0 Å². The fourth-order valence-corrected chi connectivity index (χ4v) is 1.17. The summed E-state index contributed by atoms with van der Waals surface area (Å²) in [7, 11) is 3.24. The Morgan fingerprint density at radius 1 is 1.47 bits per heavy atom. The molecule has 0 radical (unpaired) electrons. The van der Waals surface area contributed by atoms with E-state index in [0.717, 1.165) is 0 Å². The first-order valence-corrected chi connectivity index (χ1v) is 4.26. The molecule has 2 rings (SSSR count). The lowest BCUT2D eigenvalue weighted by molar-refractivity contribution is 0.835. The molecule has 0 unspecified atom stereocenters. The van der Waals surface area contributed by atoms with E-state index in [-0.39, 0.29) is 5.56 Å². The van der Waals surface area contributed by atoms with Crippen LogP contribution in [0.4, 0.5) is 5.95 Å². The van der Waals surface area contributed by atoms with Crippen LogP contribution in [0.25, 0.3) is 11.0 Å². The molecule has 0 saturated heterocycles. The van der Waals surface area contributed by atoms with Gasteiger partial charge in [-0.3, -0.25) is 9.80 Å². The SMILES string of the molecule is CN(N)c1ncc2c(=O)n(C)cnc2n1. The number of hydrazine groups is 1. The third kappa shape index (κ3) is 1.52. The zero-order chi connectivity index (χ0) is 11.0. The van der Waals surface area contributed by atoms with Crippen LogP contribution < -0.4 is 16.4 Å². The molecule has 15 heavy (non-hydrogen) atoms. The third-order valence-corrected chi connectivity index (χ3v) is 1.98. The highest BCUT2D eigenvalue weighted by atomic mass is 16.1. The summed E-state index contributed by atoms with van der Waals surface area (Å²) in [6, 6.07) is 0. The fourth-order valence-electron chi connectivity index (χ4n) is 1.17. The Morgan fingerprint density at radius 2 is 2.20 bits per heavy atom. The first-order chi connectivity index (χ1) is 7.09. The summed E-state index contributed by atoms with van der Waals surface area (Å²) in [5, 5.41) is 1.64. The van der Waals surface area contributed by atoms with Crippen LogP contribution in [0.15, 0.2) is 17.3 Å². The van der Waals surface area contributed by atoms with Gasteiger partial charge in [0.1, 0.15) is 5.39 Å². The number of anilines is 1. The number of fused-ring (bicyclic) bond motifs is 1. The molecule has 7 nitrogen and oxygen atoms in total. The normalized spacial score (nSPS) is 10.6. The number of aryl methyl sites for hydroxylation is 1. The molecule has 0 aliphatic heterocycles. The second kappa shape index (κ2) is 3.28. The molecule has 0 fully saturated rings. The van der Waals surface area contributed by atoms with Gasteiger partial charge in [-0.2, -0.15) is 4.98 Å². The molecular formula is C8H10N6O. The number of aromatic nitrogens is 4. The molecule has 0 aliphatic rings. The van der Waals surface area contributed by atoms with Crippen molar-refractivity contribution in [3.63, 3.8) is 0 Å². The van der Waals surface area contributed by atoms with Gasteiger partial charge in [-0.05, 0) is 0 Å². The van der Waals surface area contributed by atoms with E-state index >= 15 is 0 Å². The van der Waals surface area contributed by atoms with Crippen LogP contribution in [0, 0.1) is 0 Å². The number of nitrogens with zero attached hydrogens (tertiary/aromatic N) is 5. The molecule has 0 amide bonds. The Hall–Kier alpha value is -2.02. The van der Waals surface area contributed by atoms with Gasteiger partial charge in [0.05, 0.1) is 6.33 Å². The van der Waals surface area contributed by atoms with E-state index < -0.39 is 0 Å². The minimum atomic E-state index is -0.175. The molecule has 0 bridgehead atoms. The van der Waals surface area contributed by atoms with Gasteiger partial charge in [0.25, 0.3) is 5.56 Å². The van der Waals surface area contributed by atoms with Crippen molar-refractivity contribution in [3.05, 3.63) is 22.9 Å². The zero-order valence-corrected chi connectivity index (χ0v) is 8.38. The summed E-state index contributed by atoms with van der Waals surface area (Å²) in [4.78, 5) is 23.6. The monoisotopic (exact) mass is 206 g/mol. The lowest BCUT2D eigenvalue weighted by Gasteiger charge is -2.09. The van der Waals surface area contributed by atoms with Gasteiger partial charge in [-0.1, -0.05) is 0 Å². The topological polar surface area (TPSA) is 89.9 Å². The molecule has 2 heterocycles. The quantitative estimate of drug-likeness (QED) is 0.477. The number of rotatable bonds is 1. The van der Waals surface area contributed by atoms with Crippen molar-refractivity contribution in [1.29, 1.82) is 0 Å². The van der Waals surface area contributed by atoms with Gasteiger partial charge < -0.3 is 4.57 Å². The Labute approximate surface area is 85.2 Å². The number of nitrogens with two attached hydrogens (primary N) is 1. The van der Waals surface area contributed by atoms with Crippen LogP contribution in [0.1, 0.15) is 0 Å². The van der Waals surface area contributed by atoms with Gasteiger partial charge >= 0.3 is 0 Å². The smallest absolute Gasteiger partial charge is 0.264 e. The van der Waals surface area contributed by atoms with Gasteiger partial charge in [0, 0.05) is 20.3 Å². The standard InChI is InChI=1S/C8H10N6O/c1-13-4-11-6-5(7(13)15)3-10-8(12-6)14(2)9/h3-4H,9H2,1-2H3. The molecule has 7 heteroatoms. The molecule has 0 spiro atoms. The Balaban J connectivity index is 2.76. The first kappa shape index (κ1) is 9.53. The van der Waals surface area contributed by atoms with Crippen molar-refractivity contribution in [2.24, 2.45) is 12.9 Å². The van der Waals surface area contributed by atoms with Crippen molar-refractivity contribution < 1.29 is 0 Å². The minimum absolute atomic E-state index is 0.175. The lowest BCUT2D eigenvalue weighted by Crippen LogP contribution is -2.27. The zero-order valence-electron chi connectivity index (χ0n) is 8.38. The summed E-state index contributed by atoms with van der Waals surface area (Å²) in [6.45, 7) is 0. The Kier molecular flexibility index (Phi) is 2.09. The predicted molar refractivity (Wildman–Crippen MR) is 55.2 cm³/mol. The first-order valence-electron chi connectivity index (χ1n) is 4.26. The fraction of sp³-hybridized carbons (Fsp3) is 0.250. The summed E-state index contributed by atoms with van der Waals surface area (Å²) in [5.74, 6) is 5.79. The molecule has 0 atom stereocenters. The Bertz CT molecular complexity index is 561. The summed E-state index contributed by atoms with van der Waals surface area (Å²) < 4.78 is 1.37. The maximum atomic E-state index is 11.6. The van der Waals surface area contributed by atoms with E-state index in [1.807, 2.05) is 0 Å². The van der Waals surface area contributed by atoms with Crippen LogP contribution in [0.3, 0.4) is 0 Å². The van der Waals surface area contributed by atoms with Crippen molar-refractivity contribution in [2.45, 2.75) is 0 Å². The average molecular weight is 206 g/mol. The molecule has 0 aromatic carbocycles. The summed E-state index contributed by atoms with van der Waals surface area (Å²) in [5.41, 5.74) is 0.173. The maximum absolute atomic E-state index is 11.6. The number of hydrogen-bond donors (Lipinski definition) is 1. The predicted octanol–water partition coefficient (Wildman–Crippen LogP) is -0.967. The van der Waals surface area contributed by atoms with E-state index in [1.54, 1.807) is 14.1 Å². The van der Waals surface area contributed by atoms with Gasteiger partial charge in [0.15, 0.2) is 5.65 Å². The summed E-state index contributed by atoms with van der Waals surface area (Å²) >= 11 is 0. The van der Waals surface area contributed by atoms with E-state index in [9.17, 15) is 4.79 Å². The third-order valence-electron chi connectivity index (χ3n) is 1.98. The van der Waals surface area contributed by atoms with E-state index in [2.05, 4.69) is 15.0 Å². The van der Waals surface area contributed by atoms with E-state index in [1.165, 1.54) is 22.1 Å². The molecule has 2 aromatic rings.